The Hall–Kier alpha value is -1.40. The molecule has 4 aliphatic rings. The molecule has 0 unspecified atom stereocenters. The normalized spacial score (nSPS) is 33.3. The molecule has 5 nitrogen and oxygen atoms in total. The SMILES string of the molecule is Cn1c[n+](C)c2ccccc21.O=S(=O)([O-])C12CC3CC(CC(C3)C1)C2. The molecule has 6 heteroatoms. The lowest BCUT2D eigenvalue weighted by atomic mass is 9.56. The second-order valence-electron chi connectivity index (χ2n) is 8.38. The molecule has 4 fully saturated rings. The van der Waals surface area contributed by atoms with Crippen molar-refractivity contribution in [2.24, 2.45) is 31.8 Å². The molecule has 0 spiro atoms. The zero-order valence-electron chi connectivity index (χ0n) is 14.9. The number of aromatic nitrogens is 2. The van der Waals surface area contributed by atoms with Gasteiger partial charge in [-0.25, -0.2) is 17.6 Å². The third kappa shape index (κ3) is 2.89. The van der Waals surface area contributed by atoms with Crippen LogP contribution in [0.4, 0.5) is 0 Å². The van der Waals surface area contributed by atoms with Gasteiger partial charge in [-0.2, -0.15) is 0 Å². The quantitative estimate of drug-likeness (QED) is 0.578. The molecule has 1 aromatic heterocycles. The van der Waals surface area contributed by atoms with Gasteiger partial charge >= 0.3 is 0 Å². The summed E-state index contributed by atoms with van der Waals surface area (Å²) in [4.78, 5) is 0. The number of benzene rings is 1. The van der Waals surface area contributed by atoms with Crippen molar-refractivity contribution in [1.29, 1.82) is 0 Å². The van der Waals surface area contributed by atoms with E-state index in [0.717, 1.165) is 0 Å². The highest BCUT2D eigenvalue weighted by molar-refractivity contribution is 7.87. The molecular formula is C19H26N2O3S. The first-order valence-electron chi connectivity index (χ1n) is 9.12. The van der Waals surface area contributed by atoms with Crippen LogP contribution >= 0.6 is 0 Å². The van der Waals surface area contributed by atoms with E-state index in [2.05, 4.69) is 53.8 Å². The lowest BCUT2D eigenvalue weighted by Gasteiger charge is -2.57. The molecule has 4 aliphatic carbocycles. The van der Waals surface area contributed by atoms with Gasteiger partial charge in [-0.1, -0.05) is 12.1 Å². The number of para-hydroxylation sites is 2. The zero-order valence-corrected chi connectivity index (χ0v) is 15.7. The van der Waals surface area contributed by atoms with E-state index in [1.807, 2.05) is 0 Å². The van der Waals surface area contributed by atoms with Crippen LogP contribution in [0.3, 0.4) is 0 Å². The van der Waals surface area contributed by atoms with E-state index in [1.165, 1.54) is 30.3 Å². The van der Waals surface area contributed by atoms with Gasteiger partial charge < -0.3 is 4.55 Å². The Kier molecular flexibility index (Phi) is 3.96. The summed E-state index contributed by atoms with van der Waals surface area (Å²) < 4.78 is 37.4. The van der Waals surface area contributed by atoms with E-state index in [0.29, 0.717) is 37.0 Å². The van der Waals surface area contributed by atoms with Gasteiger partial charge in [-0.05, 0) is 68.4 Å². The maximum atomic E-state index is 11.3. The lowest BCUT2D eigenvalue weighted by molar-refractivity contribution is -0.645. The summed E-state index contributed by atoms with van der Waals surface area (Å²) in [5.74, 6) is 1.60. The second-order valence-corrected chi connectivity index (χ2v) is 10.2. The van der Waals surface area contributed by atoms with Crippen molar-refractivity contribution in [2.45, 2.75) is 43.3 Å². The Morgan fingerprint density at radius 1 is 1.08 bits per heavy atom. The highest BCUT2D eigenvalue weighted by atomic mass is 32.2. The molecule has 4 saturated carbocycles. The number of nitrogens with zero attached hydrogens (tertiary/aromatic N) is 2. The van der Waals surface area contributed by atoms with E-state index in [9.17, 15) is 13.0 Å². The van der Waals surface area contributed by atoms with Crippen LogP contribution in [0.5, 0.6) is 0 Å². The molecule has 0 amide bonds. The Bertz CT molecular complexity index is 829. The van der Waals surface area contributed by atoms with Crippen molar-refractivity contribution in [2.75, 3.05) is 0 Å². The van der Waals surface area contributed by atoms with E-state index < -0.39 is 14.9 Å². The molecule has 25 heavy (non-hydrogen) atoms. The van der Waals surface area contributed by atoms with Crippen molar-refractivity contribution >= 4 is 21.2 Å². The van der Waals surface area contributed by atoms with Crippen molar-refractivity contribution in [3.05, 3.63) is 30.6 Å². The number of fused-ring (bicyclic) bond motifs is 1. The van der Waals surface area contributed by atoms with E-state index in [4.69, 9.17) is 0 Å². The van der Waals surface area contributed by atoms with Crippen molar-refractivity contribution < 1.29 is 17.5 Å². The van der Waals surface area contributed by atoms with Gasteiger partial charge in [0.05, 0.1) is 18.8 Å². The third-order valence-electron chi connectivity index (χ3n) is 6.50. The minimum Gasteiger partial charge on any atom is -0.748 e. The number of aryl methyl sites for hydroxylation is 2. The largest absolute Gasteiger partial charge is 0.748 e. The molecule has 1 heterocycles. The summed E-state index contributed by atoms with van der Waals surface area (Å²) in [7, 11) is 0.0440. The Morgan fingerprint density at radius 3 is 2.08 bits per heavy atom. The molecule has 136 valence electrons. The Morgan fingerprint density at radius 2 is 1.60 bits per heavy atom. The Balaban J connectivity index is 0.000000129. The summed E-state index contributed by atoms with van der Waals surface area (Å²) in [6.07, 6.45) is 7.57. The van der Waals surface area contributed by atoms with Crippen LogP contribution in [-0.4, -0.2) is 22.3 Å². The van der Waals surface area contributed by atoms with Gasteiger partial charge in [0.2, 0.25) is 6.33 Å². The number of hydrogen-bond acceptors (Lipinski definition) is 3. The van der Waals surface area contributed by atoms with E-state index >= 15 is 0 Å². The molecule has 0 radical (unpaired) electrons. The maximum Gasteiger partial charge on any atom is 0.244 e. The highest BCUT2D eigenvalue weighted by Crippen LogP contribution is 2.58. The van der Waals surface area contributed by atoms with Crippen molar-refractivity contribution in [3.8, 4) is 0 Å². The third-order valence-corrected chi connectivity index (χ3v) is 8.06. The molecule has 0 saturated heterocycles. The van der Waals surface area contributed by atoms with E-state index in [-0.39, 0.29) is 0 Å². The van der Waals surface area contributed by atoms with Crippen LogP contribution in [-0.2, 0) is 24.2 Å². The predicted molar refractivity (Wildman–Crippen MR) is 94.7 cm³/mol. The number of hydrogen-bond donors (Lipinski definition) is 0. The maximum absolute atomic E-state index is 11.3. The minimum atomic E-state index is -4.07. The summed E-state index contributed by atoms with van der Waals surface area (Å²) >= 11 is 0. The van der Waals surface area contributed by atoms with Crippen LogP contribution in [0.1, 0.15) is 38.5 Å². The fourth-order valence-corrected chi connectivity index (χ4v) is 7.10. The molecule has 0 aliphatic heterocycles. The topological polar surface area (TPSA) is 66.0 Å². The van der Waals surface area contributed by atoms with Crippen LogP contribution in [0.2, 0.25) is 0 Å². The van der Waals surface area contributed by atoms with Crippen LogP contribution in [0.15, 0.2) is 30.6 Å². The molecule has 0 atom stereocenters. The second kappa shape index (κ2) is 5.81. The summed E-state index contributed by atoms with van der Waals surface area (Å²) in [6, 6.07) is 8.36. The summed E-state index contributed by atoms with van der Waals surface area (Å²) in [6.45, 7) is 0. The highest BCUT2D eigenvalue weighted by Gasteiger charge is 2.54. The standard InChI is InChI=1S/C10H16O3S.C9H11N2/c11-14(12,13)10-4-7-1-8(5-10)3-9(2-7)6-10;1-10-7-11(2)9-6-4-3-5-8(9)10/h7-9H,1-6H2,(H,11,12,13);3-7H,1-2H3/q;+1/p-1. The lowest BCUT2D eigenvalue weighted by Crippen LogP contribution is -2.54. The Labute approximate surface area is 149 Å². The van der Waals surface area contributed by atoms with Gasteiger partial charge in [0, 0.05) is 0 Å². The van der Waals surface area contributed by atoms with Gasteiger partial charge in [-0.15, -0.1) is 0 Å². The van der Waals surface area contributed by atoms with Gasteiger partial charge in [-0.3, -0.25) is 0 Å². The fourth-order valence-electron chi connectivity index (χ4n) is 5.78. The van der Waals surface area contributed by atoms with Crippen LogP contribution in [0, 0.1) is 17.8 Å². The molecular weight excluding hydrogens is 336 g/mol. The molecule has 0 N–H and O–H groups in total. The average Bonchev–Trinajstić information content (AvgIpc) is 2.81. The first kappa shape index (κ1) is 17.0. The first-order valence-corrected chi connectivity index (χ1v) is 10.5. The predicted octanol–water partition coefficient (Wildman–Crippen LogP) is 2.50. The minimum absolute atomic E-state index is 0.532. The van der Waals surface area contributed by atoms with Crippen LogP contribution < -0.4 is 4.57 Å². The van der Waals surface area contributed by atoms with Gasteiger partial charge in [0.15, 0.2) is 11.0 Å². The molecule has 4 bridgehead atoms. The number of imidazole rings is 1. The molecule has 1 aromatic carbocycles. The van der Waals surface area contributed by atoms with E-state index in [1.54, 1.807) is 0 Å². The average molecular weight is 362 g/mol. The monoisotopic (exact) mass is 362 g/mol. The van der Waals surface area contributed by atoms with Crippen molar-refractivity contribution in [1.82, 2.24) is 4.57 Å². The van der Waals surface area contributed by atoms with Gasteiger partial charge in [0.25, 0.3) is 0 Å². The summed E-state index contributed by atoms with van der Waals surface area (Å²) in [5, 5.41) is 0. The number of rotatable bonds is 1. The van der Waals surface area contributed by atoms with Gasteiger partial charge in [0.1, 0.15) is 10.1 Å². The van der Waals surface area contributed by atoms with Crippen molar-refractivity contribution in [3.63, 3.8) is 0 Å². The smallest absolute Gasteiger partial charge is 0.244 e. The first-order chi connectivity index (χ1) is 11.8. The fraction of sp³-hybridized carbons (Fsp3) is 0.632. The molecule has 2 aromatic rings. The van der Waals surface area contributed by atoms with Crippen LogP contribution in [0.25, 0.3) is 11.0 Å². The molecule has 6 rings (SSSR count). The zero-order chi connectivity index (χ0) is 17.8. The summed E-state index contributed by atoms with van der Waals surface area (Å²) in [5.41, 5.74) is 2.55.